The highest BCUT2D eigenvalue weighted by atomic mass is 15.2. The number of rotatable bonds is 4. The monoisotopic (exact) mass is 233 g/mol. The normalized spacial score (nSPS) is 20.0. The van der Waals surface area contributed by atoms with Gasteiger partial charge in [-0.05, 0) is 31.2 Å². The van der Waals surface area contributed by atoms with Gasteiger partial charge in [0.15, 0.2) is 0 Å². The second-order valence-electron chi connectivity index (χ2n) is 5.20. The molecule has 1 aliphatic heterocycles. The van der Waals surface area contributed by atoms with Crippen LogP contribution in [0.4, 0.5) is 11.4 Å². The molecule has 0 amide bonds. The SMILES string of the molecule is CCNc1cncc(N2CCC(C(C)C)C2)c1. The summed E-state index contributed by atoms with van der Waals surface area (Å²) in [6.07, 6.45) is 5.18. The number of hydrogen-bond acceptors (Lipinski definition) is 3. The number of anilines is 2. The summed E-state index contributed by atoms with van der Waals surface area (Å²) in [4.78, 5) is 6.77. The topological polar surface area (TPSA) is 28.2 Å². The second kappa shape index (κ2) is 5.39. The smallest absolute Gasteiger partial charge is 0.0573 e. The van der Waals surface area contributed by atoms with Gasteiger partial charge in [0, 0.05) is 19.6 Å². The van der Waals surface area contributed by atoms with Crippen LogP contribution >= 0.6 is 0 Å². The first-order valence-electron chi connectivity index (χ1n) is 6.64. The maximum Gasteiger partial charge on any atom is 0.0573 e. The van der Waals surface area contributed by atoms with E-state index in [0.29, 0.717) is 0 Å². The predicted molar refractivity (Wildman–Crippen MR) is 73.6 cm³/mol. The minimum atomic E-state index is 0.782. The summed E-state index contributed by atoms with van der Waals surface area (Å²) < 4.78 is 0. The van der Waals surface area contributed by atoms with Crippen LogP contribution in [0.3, 0.4) is 0 Å². The maximum absolute atomic E-state index is 4.31. The molecule has 0 spiro atoms. The molecule has 0 bridgehead atoms. The lowest BCUT2D eigenvalue weighted by molar-refractivity contribution is 0.423. The predicted octanol–water partition coefficient (Wildman–Crippen LogP) is 3.00. The van der Waals surface area contributed by atoms with Crippen molar-refractivity contribution in [3.05, 3.63) is 18.5 Å². The van der Waals surface area contributed by atoms with Crippen LogP contribution in [0.5, 0.6) is 0 Å². The summed E-state index contributed by atoms with van der Waals surface area (Å²) in [5.41, 5.74) is 2.38. The van der Waals surface area contributed by atoms with Gasteiger partial charge in [-0.15, -0.1) is 0 Å². The lowest BCUT2D eigenvalue weighted by Gasteiger charge is -2.20. The molecule has 17 heavy (non-hydrogen) atoms. The van der Waals surface area contributed by atoms with E-state index in [4.69, 9.17) is 0 Å². The molecule has 0 radical (unpaired) electrons. The lowest BCUT2D eigenvalue weighted by atomic mass is 9.95. The van der Waals surface area contributed by atoms with Gasteiger partial charge in [0.05, 0.1) is 23.8 Å². The Balaban J connectivity index is 2.05. The average Bonchev–Trinajstić information content (AvgIpc) is 2.79. The highest BCUT2D eigenvalue weighted by molar-refractivity contribution is 5.56. The number of hydrogen-bond donors (Lipinski definition) is 1. The number of nitrogens with zero attached hydrogens (tertiary/aromatic N) is 2. The zero-order chi connectivity index (χ0) is 12.3. The van der Waals surface area contributed by atoms with Crippen LogP contribution in [0.1, 0.15) is 27.2 Å². The first-order valence-corrected chi connectivity index (χ1v) is 6.64. The van der Waals surface area contributed by atoms with E-state index in [9.17, 15) is 0 Å². The van der Waals surface area contributed by atoms with Crippen molar-refractivity contribution in [1.82, 2.24) is 4.98 Å². The van der Waals surface area contributed by atoms with Crippen LogP contribution in [0.15, 0.2) is 18.5 Å². The zero-order valence-corrected chi connectivity index (χ0v) is 11.1. The molecule has 3 nitrogen and oxygen atoms in total. The molecule has 1 N–H and O–H groups in total. The van der Waals surface area contributed by atoms with E-state index in [0.717, 1.165) is 24.1 Å². The Morgan fingerprint density at radius 1 is 1.47 bits per heavy atom. The van der Waals surface area contributed by atoms with Crippen LogP contribution < -0.4 is 10.2 Å². The molecule has 3 heteroatoms. The maximum atomic E-state index is 4.31. The molecule has 2 heterocycles. The standard InChI is InChI=1S/C14H23N3/c1-4-16-13-7-14(9-15-8-13)17-6-5-12(10-17)11(2)3/h7-9,11-12,16H,4-6,10H2,1-3H3. The van der Waals surface area contributed by atoms with Gasteiger partial charge in [0.25, 0.3) is 0 Å². The fraction of sp³-hybridized carbons (Fsp3) is 0.643. The summed E-state index contributed by atoms with van der Waals surface area (Å²) >= 11 is 0. The summed E-state index contributed by atoms with van der Waals surface area (Å²) in [6.45, 7) is 10.0. The van der Waals surface area contributed by atoms with Gasteiger partial charge in [0.1, 0.15) is 0 Å². The van der Waals surface area contributed by atoms with Crippen LogP contribution in [0.25, 0.3) is 0 Å². The van der Waals surface area contributed by atoms with Crippen LogP contribution in [0.2, 0.25) is 0 Å². The third kappa shape index (κ3) is 2.90. The molecule has 0 saturated carbocycles. The van der Waals surface area contributed by atoms with Crippen molar-refractivity contribution in [2.75, 3.05) is 29.9 Å². The number of aromatic nitrogens is 1. The first kappa shape index (κ1) is 12.2. The average molecular weight is 233 g/mol. The van der Waals surface area contributed by atoms with Crippen LogP contribution in [-0.4, -0.2) is 24.6 Å². The van der Waals surface area contributed by atoms with Crippen molar-refractivity contribution < 1.29 is 0 Å². The molecule has 2 rings (SSSR count). The third-order valence-electron chi connectivity index (χ3n) is 3.64. The second-order valence-corrected chi connectivity index (χ2v) is 5.20. The molecule has 0 aliphatic carbocycles. The highest BCUT2D eigenvalue weighted by Crippen LogP contribution is 2.28. The molecule has 1 aromatic heterocycles. The zero-order valence-electron chi connectivity index (χ0n) is 11.1. The van der Waals surface area contributed by atoms with Crippen molar-refractivity contribution in [3.63, 3.8) is 0 Å². The minimum absolute atomic E-state index is 0.782. The highest BCUT2D eigenvalue weighted by Gasteiger charge is 2.25. The summed E-state index contributed by atoms with van der Waals surface area (Å²) in [7, 11) is 0. The fourth-order valence-corrected chi connectivity index (χ4v) is 2.47. The minimum Gasteiger partial charge on any atom is -0.384 e. The van der Waals surface area contributed by atoms with Crippen molar-refractivity contribution in [3.8, 4) is 0 Å². The van der Waals surface area contributed by atoms with E-state index in [1.807, 2.05) is 12.4 Å². The quantitative estimate of drug-likeness (QED) is 0.866. The molecule has 1 unspecified atom stereocenters. The van der Waals surface area contributed by atoms with Gasteiger partial charge in [-0.25, -0.2) is 0 Å². The van der Waals surface area contributed by atoms with E-state index < -0.39 is 0 Å². The largest absolute Gasteiger partial charge is 0.384 e. The Bertz CT molecular complexity index is 362. The van der Waals surface area contributed by atoms with E-state index in [-0.39, 0.29) is 0 Å². The lowest BCUT2D eigenvalue weighted by Crippen LogP contribution is -2.21. The number of nitrogens with one attached hydrogen (secondary N) is 1. The Morgan fingerprint density at radius 2 is 2.29 bits per heavy atom. The summed E-state index contributed by atoms with van der Waals surface area (Å²) in [5, 5.41) is 3.32. The van der Waals surface area contributed by atoms with Crippen molar-refractivity contribution in [2.24, 2.45) is 11.8 Å². The molecule has 1 fully saturated rings. The van der Waals surface area contributed by atoms with Crippen molar-refractivity contribution >= 4 is 11.4 Å². The van der Waals surface area contributed by atoms with E-state index in [2.05, 4.69) is 42.0 Å². The van der Waals surface area contributed by atoms with E-state index in [1.54, 1.807) is 0 Å². The van der Waals surface area contributed by atoms with Gasteiger partial charge in [0.2, 0.25) is 0 Å². The number of pyridine rings is 1. The van der Waals surface area contributed by atoms with E-state index in [1.165, 1.54) is 25.2 Å². The van der Waals surface area contributed by atoms with Gasteiger partial charge in [-0.1, -0.05) is 13.8 Å². The fourth-order valence-electron chi connectivity index (χ4n) is 2.47. The Morgan fingerprint density at radius 3 is 2.94 bits per heavy atom. The molecule has 1 atom stereocenters. The molecule has 1 saturated heterocycles. The molecular weight excluding hydrogens is 210 g/mol. The molecule has 94 valence electrons. The van der Waals surface area contributed by atoms with Gasteiger partial charge >= 0.3 is 0 Å². The van der Waals surface area contributed by atoms with Crippen LogP contribution in [0, 0.1) is 11.8 Å². The van der Waals surface area contributed by atoms with Crippen molar-refractivity contribution in [2.45, 2.75) is 27.2 Å². The molecule has 1 aliphatic rings. The third-order valence-corrected chi connectivity index (χ3v) is 3.64. The van der Waals surface area contributed by atoms with Gasteiger partial charge in [-0.2, -0.15) is 0 Å². The van der Waals surface area contributed by atoms with Crippen LogP contribution in [-0.2, 0) is 0 Å². The molecular formula is C14H23N3. The van der Waals surface area contributed by atoms with E-state index >= 15 is 0 Å². The Labute approximate surface area is 104 Å². The first-order chi connectivity index (χ1) is 8.20. The Hall–Kier alpha value is -1.25. The van der Waals surface area contributed by atoms with Gasteiger partial charge in [-0.3, -0.25) is 4.98 Å². The summed E-state index contributed by atoms with van der Waals surface area (Å²) in [5.74, 6) is 1.61. The van der Waals surface area contributed by atoms with Crippen molar-refractivity contribution in [1.29, 1.82) is 0 Å². The van der Waals surface area contributed by atoms with Gasteiger partial charge < -0.3 is 10.2 Å². The summed E-state index contributed by atoms with van der Waals surface area (Å²) in [6, 6.07) is 2.21. The molecule has 0 aromatic carbocycles. The Kier molecular flexibility index (Phi) is 3.87. The molecule has 1 aromatic rings.